The number of methoxy groups -OCH3 is 1. The molecule has 0 aliphatic carbocycles. The zero-order valence-electron chi connectivity index (χ0n) is 12.2. The third-order valence-corrected chi connectivity index (χ3v) is 3.78. The van der Waals surface area contributed by atoms with Crippen molar-refractivity contribution in [3.63, 3.8) is 0 Å². The zero-order chi connectivity index (χ0) is 14.4. The molecule has 3 N–H and O–H groups in total. The molecule has 1 aromatic carbocycles. The Hall–Kier alpha value is -1.30. The second-order valence-corrected chi connectivity index (χ2v) is 5.26. The van der Waals surface area contributed by atoms with Crippen molar-refractivity contribution in [1.82, 2.24) is 4.90 Å². The van der Waals surface area contributed by atoms with Gasteiger partial charge in [-0.25, -0.2) is 0 Å². The molecule has 1 heterocycles. The van der Waals surface area contributed by atoms with Gasteiger partial charge in [-0.05, 0) is 18.6 Å². The number of aliphatic hydroxyl groups excluding tert-OH is 1. The average Bonchev–Trinajstić information content (AvgIpc) is 2.48. The molecular weight excluding hydrogens is 254 g/mol. The smallest absolute Gasteiger partial charge is 0.120 e. The summed E-state index contributed by atoms with van der Waals surface area (Å²) in [7, 11) is 1.69. The van der Waals surface area contributed by atoms with E-state index in [0.29, 0.717) is 6.42 Å². The Labute approximate surface area is 120 Å². The predicted molar refractivity (Wildman–Crippen MR) is 81.3 cm³/mol. The van der Waals surface area contributed by atoms with Crippen LogP contribution in [0.15, 0.2) is 24.3 Å². The highest BCUT2D eigenvalue weighted by Crippen LogP contribution is 2.22. The predicted octanol–water partition coefficient (Wildman–Crippen LogP) is 0.527. The summed E-state index contributed by atoms with van der Waals surface area (Å²) in [5, 5.41) is 8.89. The van der Waals surface area contributed by atoms with Gasteiger partial charge in [0.05, 0.1) is 7.11 Å². The Balaban J connectivity index is 1.84. The monoisotopic (exact) mass is 279 g/mol. The minimum Gasteiger partial charge on any atom is -0.497 e. The molecule has 0 amide bonds. The molecular formula is C15H25N3O2. The zero-order valence-corrected chi connectivity index (χ0v) is 12.2. The molecule has 0 spiro atoms. The third kappa shape index (κ3) is 4.10. The number of hydrogen-bond acceptors (Lipinski definition) is 5. The second kappa shape index (κ2) is 7.47. The molecule has 1 atom stereocenters. The maximum atomic E-state index is 8.89. The van der Waals surface area contributed by atoms with Gasteiger partial charge < -0.3 is 20.5 Å². The Morgan fingerprint density at radius 1 is 1.30 bits per heavy atom. The van der Waals surface area contributed by atoms with E-state index >= 15 is 0 Å². The van der Waals surface area contributed by atoms with Crippen LogP contribution in [0.3, 0.4) is 0 Å². The molecule has 0 bridgehead atoms. The molecule has 0 saturated carbocycles. The van der Waals surface area contributed by atoms with Crippen LogP contribution in [0.1, 0.15) is 6.42 Å². The summed E-state index contributed by atoms with van der Waals surface area (Å²) >= 11 is 0. The number of benzene rings is 1. The highest BCUT2D eigenvalue weighted by Gasteiger charge is 2.19. The molecule has 1 saturated heterocycles. The van der Waals surface area contributed by atoms with Crippen molar-refractivity contribution in [3.8, 4) is 5.75 Å². The summed E-state index contributed by atoms with van der Waals surface area (Å²) < 4.78 is 5.27. The van der Waals surface area contributed by atoms with Gasteiger partial charge in [0.2, 0.25) is 0 Å². The molecule has 0 radical (unpaired) electrons. The summed E-state index contributed by atoms with van der Waals surface area (Å²) in [6, 6.07) is 8.26. The van der Waals surface area contributed by atoms with Crippen LogP contribution in [0.2, 0.25) is 0 Å². The first-order valence-corrected chi connectivity index (χ1v) is 7.20. The van der Waals surface area contributed by atoms with E-state index in [4.69, 9.17) is 15.6 Å². The number of ether oxygens (including phenoxy) is 1. The fraction of sp³-hybridized carbons (Fsp3) is 0.600. The number of rotatable bonds is 6. The van der Waals surface area contributed by atoms with Crippen molar-refractivity contribution in [2.75, 3.05) is 51.3 Å². The molecule has 1 aliphatic heterocycles. The first kappa shape index (κ1) is 15.1. The van der Waals surface area contributed by atoms with Gasteiger partial charge in [-0.2, -0.15) is 0 Å². The van der Waals surface area contributed by atoms with E-state index in [1.807, 2.05) is 12.1 Å². The van der Waals surface area contributed by atoms with Crippen LogP contribution in [0.25, 0.3) is 0 Å². The molecule has 1 aliphatic rings. The van der Waals surface area contributed by atoms with Gasteiger partial charge in [0, 0.05) is 57.1 Å². The van der Waals surface area contributed by atoms with Gasteiger partial charge in [0.25, 0.3) is 0 Å². The van der Waals surface area contributed by atoms with Crippen LogP contribution in [0, 0.1) is 0 Å². The van der Waals surface area contributed by atoms with Crippen LogP contribution < -0.4 is 15.4 Å². The van der Waals surface area contributed by atoms with Crippen LogP contribution in [0.4, 0.5) is 5.69 Å². The summed E-state index contributed by atoms with van der Waals surface area (Å²) in [5.41, 5.74) is 7.18. The Morgan fingerprint density at radius 2 is 2.05 bits per heavy atom. The average molecular weight is 279 g/mol. The van der Waals surface area contributed by atoms with Crippen molar-refractivity contribution < 1.29 is 9.84 Å². The molecule has 1 aromatic rings. The highest BCUT2D eigenvalue weighted by atomic mass is 16.5. The van der Waals surface area contributed by atoms with Gasteiger partial charge >= 0.3 is 0 Å². The van der Waals surface area contributed by atoms with Crippen LogP contribution in [-0.2, 0) is 0 Å². The van der Waals surface area contributed by atoms with Crippen LogP contribution in [-0.4, -0.2) is 62.5 Å². The minimum atomic E-state index is 0.0726. The van der Waals surface area contributed by atoms with Gasteiger partial charge in [0.1, 0.15) is 5.75 Å². The summed E-state index contributed by atoms with van der Waals surface area (Å²) in [6.45, 7) is 5.06. The fourth-order valence-electron chi connectivity index (χ4n) is 2.58. The first-order chi connectivity index (χ1) is 9.72. The van der Waals surface area contributed by atoms with Crippen molar-refractivity contribution >= 4 is 5.69 Å². The second-order valence-electron chi connectivity index (χ2n) is 5.26. The van der Waals surface area contributed by atoms with E-state index in [1.165, 1.54) is 5.69 Å². The van der Waals surface area contributed by atoms with Gasteiger partial charge in [0.15, 0.2) is 0 Å². The standard InChI is InChI=1S/C15H25N3O2/c1-20-15-4-2-3-14(11-15)18-8-6-17(7-9-18)12-13(16)5-10-19/h2-4,11,13,19H,5-10,12,16H2,1H3. The Morgan fingerprint density at radius 3 is 2.70 bits per heavy atom. The van der Waals surface area contributed by atoms with E-state index < -0.39 is 0 Å². The summed E-state index contributed by atoms with van der Waals surface area (Å²) in [6.07, 6.45) is 0.677. The minimum absolute atomic E-state index is 0.0726. The van der Waals surface area contributed by atoms with Gasteiger partial charge in [-0.3, -0.25) is 4.90 Å². The van der Waals surface area contributed by atoms with E-state index in [0.717, 1.165) is 38.5 Å². The summed E-state index contributed by atoms with van der Waals surface area (Å²) in [5.74, 6) is 0.898. The van der Waals surface area contributed by atoms with E-state index in [-0.39, 0.29) is 12.6 Å². The topological polar surface area (TPSA) is 62.0 Å². The lowest BCUT2D eigenvalue weighted by atomic mass is 10.2. The van der Waals surface area contributed by atoms with Gasteiger partial charge in [-0.1, -0.05) is 6.07 Å². The molecule has 2 rings (SSSR count). The SMILES string of the molecule is COc1cccc(N2CCN(CC(N)CCO)CC2)c1. The van der Waals surface area contributed by atoms with Crippen LogP contribution in [0.5, 0.6) is 5.75 Å². The van der Waals surface area contributed by atoms with E-state index in [1.54, 1.807) is 7.11 Å². The molecule has 112 valence electrons. The first-order valence-electron chi connectivity index (χ1n) is 7.20. The molecule has 1 fully saturated rings. The largest absolute Gasteiger partial charge is 0.497 e. The quantitative estimate of drug-likeness (QED) is 0.795. The maximum Gasteiger partial charge on any atom is 0.120 e. The van der Waals surface area contributed by atoms with Crippen molar-refractivity contribution in [2.45, 2.75) is 12.5 Å². The molecule has 1 unspecified atom stereocenters. The number of anilines is 1. The number of piperazine rings is 1. The molecule has 20 heavy (non-hydrogen) atoms. The highest BCUT2D eigenvalue weighted by molar-refractivity contribution is 5.51. The third-order valence-electron chi connectivity index (χ3n) is 3.78. The van der Waals surface area contributed by atoms with E-state index in [9.17, 15) is 0 Å². The molecule has 0 aromatic heterocycles. The number of hydrogen-bond donors (Lipinski definition) is 2. The van der Waals surface area contributed by atoms with E-state index in [2.05, 4.69) is 21.9 Å². The van der Waals surface area contributed by atoms with Crippen molar-refractivity contribution in [1.29, 1.82) is 0 Å². The van der Waals surface area contributed by atoms with Crippen LogP contribution >= 0.6 is 0 Å². The Kier molecular flexibility index (Phi) is 5.64. The lowest BCUT2D eigenvalue weighted by molar-refractivity contribution is 0.216. The Bertz CT molecular complexity index is 406. The molecule has 5 nitrogen and oxygen atoms in total. The number of nitrogens with zero attached hydrogens (tertiary/aromatic N) is 2. The molecule has 5 heteroatoms. The van der Waals surface area contributed by atoms with Crippen molar-refractivity contribution in [2.24, 2.45) is 5.73 Å². The maximum absolute atomic E-state index is 8.89. The normalized spacial score (nSPS) is 18.1. The summed E-state index contributed by atoms with van der Waals surface area (Å²) in [4.78, 5) is 4.74. The number of aliphatic hydroxyl groups is 1. The lowest BCUT2D eigenvalue weighted by Crippen LogP contribution is -2.50. The van der Waals surface area contributed by atoms with Crippen molar-refractivity contribution in [3.05, 3.63) is 24.3 Å². The fourth-order valence-corrected chi connectivity index (χ4v) is 2.58. The number of nitrogens with two attached hydrogens (primary N) is 1. The lowest BCUT2D eigenvalue weighted by Gasteiger charge is -2.37. The van der Waals surface area contributed by atoms with Gasteiger partial charge in [-0.15, -0.1) is 0 Å².